The van der Waals surface area contributed by atoms with Gasteiger partial charge < -0.3 is 14.9 Å². The van der Waals surface area contributed by atoms with Gasteiger partial charge in [0.15, 0.2) is 0 Å². The number of hydrogen-bond acceptors (Lipinski definition) is 7. The first-order valence-electron chi connectivity index (χ1n) is 6.82. The van der Waals surface area contributed by atoms with Crippen LogP contribution in [-0.2, 0) is 4.74 Å². The van der Waals surface area contributed by atoms with Gasteiger partial charge in [0.2, 0.25) is 5.88 Å². The van der Waals surface area contributed by atoms with Crippen molar-refractivity contribution in [2.24, 2.45) is 5.73 Å². The van der Waals surface area contributed by atoms with E-state index < -0.39 is 23.3 Å². The van der Waals surface area contributed by atoms with Gasteiger partial charge in [-0.3, -0.25) is 19.7 Å². The van der Waals surface area contributed by atoms with Crippen LogP contribution in [0.2, 0.25) is 0 Å². The van der Waals surface area contributed by atoms with Gasteiger partial charge in [-0.15, -0.1) is 0 Å². The monoisotopic (exact) mass is 334 g/mol. The largest absolute Gasteiger partial charge is 0.462 e. The highest BCUT2D eigenvalue weighted by Gasteiger charge is 2.29. The van der Waals surface area contributed by atoms with Crippen molar-refractivity contribution >= 4 is 23.7 Å². The zero-order chi connectivity index (χ0) is 17.9. The Morgan fingerprint density at radius 2 is 2.04 bits per heavy atom. The molecule has 0 bridgehead atoms. The lowest BCUT2D eigenvalue weighted by Crippen LogP contribution is -2.21. The molecule has 24 heavy (non-hydrogen) atoms. The maximum Gasteiger partial charge on any atom is 0.342 e. The molecule has 0 unspecified atom stereocenters. The van der Waals surface area contributed by atoms with Crippen LogP contribution < -0.4 is 16.6 Å². The van der Waals surface area contributed by atoms with Crippen molar-refractivity contribution in [2.45, 2.75) is 13.8 Å². The molecule has 0 atom stereocenters. The molecule has 0 saturated carbocycles. The lowest BCUT2D eigenvalue weighted by molar-refractivity contribution is 0.0521. The van der Waals surface area contributed by atoms with Crippen LogP contribution in [-0.4, -0.2) is 34.6 Å². The van der Waals surface area contributed by atoms with Gasteiger partial charge in [-0.25, -0.2) is 9.89 Å². The van der Waals surface area contributed by atoms with E-state index in [1.54, 1.807) is 6.92 Å². The van der Waals surface area contributed by atoms with E-state index in [9.17, 15) is 19.2 Å². The fraction of sp³-hybridized carbons (Fsp3) is 0.214. The molecule has 2 heterocycles. The fourth-order valence-electron chi connectivity index (χ4n) is 1.95. The zero-order valence-corrected chi connectivity index (χ0v) is 12.8. The summed E-state index contributed by atoms with van der Waals surface area (Å²) in [7, 11) is 0. The number of aromatic amines is 1. The Morgan fingerprint density at radius 3 is 2.58 bits per heavy atom. The first-order chi connectivity index (χ1) is 11.3. The molecule has 0 spiro atoms. The van der Waals surface area contributed by atoms with E-state index in [4.69, 9.17) is 14.9 Å². The van der Waals surface area contributed by atoms with E-state index in [-0.39, 0.29) is 35.1 Å². The second-order valence-electron chi connectivity index (χ2n) is 4.58. The molecule has 0 aliphatic heterocycles. The van der Waals surface area contributed by atoms with Gasteiger partial charge in [-0.05, 0) is 19.9 Å². The average molecular weight is 334 g/mol. The highest BCUT2D eigenvalue weighted by atomic mass is 16.5. The van der Waals surface area contributed by atoms with Gasteiger partial charge in [0.05, 0.1) is 6.61 Å². The van der Waals surface area contributed by atoms with Gasteiger partial charge in [-0.2, -0.15) is 5.10 Å². The van der Waals surface area contributed by atoms with Gasteiger partial charge >= 0.3 is 5.97 Å². The molecule has 0 aromatic carbocycles. The summed E-state index contributed by atoms with van der Waals surface area (Å²) in [6, 6.07) is 2.29. The number of carbonyl (C=O) groups is 3. The number of rotatable bonds is 5. The van der Waals surface area contributed by atoms with Crippen molar-refractivity contribution in [3.8, 4) is 0 Å². The van der Waals surface area contributed by atoms with Crippen molar-refractivity contribution in [3.05, 3.63) is 45.1 Å². The van der Waals surface area contributed by atoms with Crippen molar-refractivity contribution in [3.63, 3.8) is 0 Å². The molecule has 2 aromatic heterocycles. The van der Waals surface area contributed by atoms with E-state index in [2.05, 4.69) is 15.5 Å². The number of nitrogens with one attached hydrogen (secondary N) is 2. The summed E-state index contributed by atoms with van der Waals surface area (Å²) in [5.41, 5.74) is 4.20. The highest BCUT2D eigenvalue weighted by molar-refractivity contribution is 6.12. The fourth-order valence-corrected chi connectivity index (χ4v) is 1.95. The van der Waals surface area contributed by atoms with Crippen LogP contribution in [0.4, 0.5) is 5.88 Å². The normalized spacial score (nSPS) is 10.2. The molecular weight excluding hydrogens is 320 g/mol. The third-order valence-corrected chi connectivity index (χ3v) is 2.95. The minimum atomic E-state index is -0.973. The number of esters is 1. The van der Waals surface area contributed by atoms with Crippen LogP contribution in [0.15, 0.2) is 21.3 Å². The minimum Gasteiger partial charge on any atom is -0.462 e. The summed E-state index contributed by atoms with van der Waals surface area (Å²) in [5, 5.41) is 7.92. The molecule has 2 rings (SSSR count). The summed E-state index contributed by atoms with van der Waals surface area (Å²) >= 11 is 0. The lowest BCUT2D eigenvalue weighted by atomic mass is 10.1. The number of nitrogens with zero attached hydrogens (tertiary/aromatic N) is 1. The smallest absolute Gasteiger partial charge is 0.342 e. The van der Waals surface area contributed by atoms with Crippen LogP contribution >= 0.6 is 0 Å². The molecule has 2 aromatic rings. The van der Waals surface area contributed by atoms with Gasteiger partial charge in [0.1, 0.15) is 22.6 Å². The van der Waals surface area contributed by atoms with E-state index in [0.717, 1.165) is 6.07 Å². The number of aromatic nitrogens is 2. The van der Waals surface area contributed by atoms with E-state index in [1.165, 1.54) is 13.0 Å². The molecule has 0 saturated heterocycles. The van der Waals surface area contributed by atoms with E-state index >= 15 is 0 Å². The van der Waals surface area contributed by atoms with Crippen molar-refractivity contribution in [1.29, 1.82) is 0 Å². The molecule has 0 aliphatic carbocycles. The van der Waals surface area contributed by atoms with Gasteiger partial charge in [0, 0.05) is 6.07 Å². The maximum atomic E-state index is 12.1. The molecule has 126 valence electrons. The predicted molar refractivity (Wildman–Crippen MR) is 80.7 cm³/mol. The number of nitrogens with two attached hydrogens (primary N) is 1. The van der Waals surface area contributed by atoms with Crippen LogP contribution in [0, 0.1) is 6.92 Å². The number of H-pyrrole nitrogens is 1. The summed E-state index contributed by atoms with van der Waals surface area (Å²) in [5.74, 6) is -2.78. The Morgan fingerprint density at radius 1 is 1.33 bits per heavy atom. The number of hydrogen-bond donors (Lipinski definition) is 3. The third-order valence-electron chi connectivity index (χ3n) is 2.95. The number of carbonyl (C=O) groups excluding carboxylic acids is 3. The SMILES string of the molecule is CCOC(=O)c1c(C)oc(NC(=O)c2ccc(=O)[nH]n2)c1C(N)=O. The molecule has 4 N–H and O–H groups in total. The quantitative estimate of drug-likeness (QED) is 0.659. The van der Waals surface area contributed by atoms with Crippen LogP contribution in [0.3, 0.4) is 0 Å². The molecular formula is C14H14N4O6. The second-order valence-corrected chi connectivity index (χ2v) is 4.58. The zero-order valence-electron chi connectivity index (χ0n) is 12.8. The molecule has 2 amide bonds. The number of aryl methyl sites for hydroxylation is 1. The Kier molecular flexibility index (Phi) is 4.78. The first kappa shape index (κ1) is 16.9. The molecule has 10 heteroatoms. The Labute approximate surface area is 135 Å². The maximum absolute atomic E-state index is 12.1. The standard InChI is InChI=1S/C14H14N4O6/c1-3-23-14(22)9-6(2)24-13(10(9)11(15)20)16-12(21)7-4-5-8(19)18-17-7/h4-5H,3H2,1-2H3,(H2,15,20)(H,16,21)(H,18,19). The molecule has 0 fully saturated rings. The van der Waals surface area contributed by atoms with Gasteiger partial charge in [-0.1, -0.05) is 0 Å². The molecule has 10 nitrogen and oxygen atoms in total. The minimum absolute atomic E-state index is 0.0620. The molecule has 0 radical (unpaired) electrons. The Hall–Kier alpha value is -3.43. The topological polar surface area (TPSA) is 157 Å². The Balaban J connectivity index is 2.40. The Bertz CT molecular complexity index is 846. The van der Waals surface area contributed by atoms with Crippen molar-refractivity contribution < 1.29 is 23.5 Å². The summed E-state index contributed by atoms with van der Waals surface area (Å²) in [6.07, 6.45) is 0. The predicted octanol–water partition coefficient (Wildman–Crippen LogP) is 0.199. The van der Waals surface area contributed by atoms with Crippen LogP contribution in [0.25, 0.3) is 0 Å². The summed E-state index contributed by atoms with van der Waals surface area (Å²) < 4.78 is 10.1. The highest BCUT2D eigenvalue weighted by Crippen LogP contribution is 2.27. The third kappa shape index (κ3) is 3.32. The second kappa shape index (κ2) is 6.77. The molecule has 0 aliphatic rings. The van der Waals surface area contributed by atoms with Crippen molar-refractivity contribution in [2.75, 3.05) is 11.9 Å². The number of furan rings is 1. The average Bonchev–Trinajstić information content (AvgIpc) is 2.84. The van der Waals surface area contributed by atoms with Crippen LogP contribution in [0.1, 0.15) is 43.9 Å². The number of ether oxygens (including phenoxy) is 1. The van der Waals surface area contributed by atoms with Crippen molar-refractivity contribution in [1.82, 2.24) is 10.2 Å². The van der Waals surface area contributed by atoms with E-state index in [0.29, 0.717) is 0 Å². The number of anilines is 1. The van der Waals surface area contributed by atoms with Crippen LogP contribution in [0.5, 0.6) is 0 Å². The number of amides is 2. The summed E-state index contributed by atoms with van der Waals surface area (Å²) in [6.45, 7) is 3.11. The van der Waals surface area contributed by atoms with Gasteiger partial charge in [0.25, 0.3) is 17.4 Å². The summed E-state index contributed by atoms with van der Waals surface area (Å²) in [4.78, 5) is 46.7. The number of primary amides is 1. The van der Waals surface area contributed by atoms with E-state index in [1.807, 2.05) is 0 Å². The lowest BCUT2D eigenvalue weighted by Gasteiger charge is -2.04. The first-order valence-corrected chi connectivity index (χ1v) is 6.82.